The van der Waals surface area contributed by atoms with E-state index in [1.807, 2.05) is 14.0 Å². The van der Waals surface area contributed by atoms with Crippen molar-refractivity contribution < 1.29 is 0 Å². The largest absolute Gasteiger partial charge is 0.356 e. The lowest BCUT2D eigenvalue weighted by Gasteiger charge is -2.26. The summed E-state index contributed by atoms with van der Waals surface area (Å²) in [5.41, 5.74) is 2.33. The van der Waals surface area contributed by atoms with Crippen LogP contribution in [0.3, 0.4) is 0 Å². The Morgan fingerprint density at radius 2 is 1.96 bits per heavy atom. The summed E-state index contributed by atoms with van der Waals surface area (Å²) in [6.45, 7) is 9.43. The smallest absolute Gasteiger partial charge is 0.190 e. The van der Waals surface area contributed by atoms with Crippen LogP contribution in [0.15, 0.2) is 11.1 Å². The highest BCUT2D eigenvalue weighted by Gasteiger charge is 2.18. The fourth-order valence-corrected chi connectivity index (χ4v) is 3.33. The van der Waals surface area contributed by atoms with Crippen LogP contribution in [0.5, 0.6) is 0 Å². The van der Waals surface area contributed by atoms with E-state index in [-0.39, 0.29) is 24.0 Å². The maximum absolute atomic E-state index is 4.49. The van der Waals surface area contributed by atoms with E-state index < -0.39 is 0 Å². The molecule has 1 aromatic heterocycles. The highest BCUT2D eigenvalue weighted by Crippen LogP contribution is 2.27. The van der Waals surface area contributed by atoms with Crippen molar-refractivity contribution >= 4 is 29.9 Å². The molecule has 5 nitrogen and oxygen atoms in total. The molecule has 2 rings (SSSR count). The first-order chi connectivity index (χ1) is 11.1. The normalized spacial score (nSPS) is 21.2. The first-order valence-electron chi connectivity index (χ1n) is 9.04. The van der Waals surface area contributed by atoms with Gasteiger partial charge in [-0.2, -0.15) is 5.10 Å². The van der Waals surface area contributed by atoms with Gasteiger partial charge >= 0.3 is 0 Å². The molecule has 1 aliphatic rings. The molecule has 1 fully saturated rings. The average molecular weight is 447 g/mol. The number of aromatic nitrogens is 2. The summed E-state index contributed by atoms with van der Waals surface area (Å²) in [6, 6.07) is 2.12. The van der Waals surface area contributed by atoms with Gasteiger partial charge in [-0.1, -0.05) is 19.8 Å². The predicted octanol–water partition coefficient (Wildman–Crippen LogP) is 3.50. The fourth-order valence-electron chi connectivity index (χ4n) is 3.33. The second-order valence-corrected chi connectivity index (χ2v) is 7.01. The van der Waals surface area contributed by atoms with Crippen molar-refractivity contribution in [2.24, 2.45) is 16.8 Å². The minimum absolute atomic E-state index is 0. The topological polar surface area (TPSA) is 54.2 Å². The molecule has 0 atom stereocenters. The maximum Gasteiger partial charge on any atom is 0.190 e. The van der Waals surface area contributed by atoms with Crippen LogP contribution in [-0.4, -0.2) is 35.9 Å². The summed E-state index contributed by atoms with van der Waals surface area (Å²) < 4.78 is 2.08. The number of guanidine groups is 1. The van der Waals surface area contributed by atoms with Crippen molar-refractivity contribution in [1.82, 2.24) is 20.4 Å². The Bertz CT molecular complexity index is 504. The average Bonchev–Trinajstić information content (AvgIpc) is 2.86. The van der Waals surface area contributed by atoms with Crippen LogP contribution < -0.4 is 10.6 Å². The van der Waals surface area contributed by atoms with E-state index in [4.69, 9.17) is 0 Å². The van der Waals surface area contributed by atoms with Crippen LogP contribution in [0.4, 0.5) is 0 Å². The Morgan fingerprint density at radius 1 is 1.25 bits per heavy atom. The van der Waals surface area contributed by atoms with Gasteiger partial charge in [0.25, 0.3) is 0 Å². The van der Waals surface area contributed by atoms with E-state index in [1.54, 1.807) is 0 Å². The standard InChI is InChI=1S/C18H33N5.HI/c1-14-6-8-17(9-7-14)13-21-18(19-4)20-10-5-11-23-16(3)12-15(2)22-23;/h12,14,17H,5-11,13H2,1-4H3,(H2,19,20,21);1H. The van der Waals surface area contributed by atoms with Gasteiger partial charge in [0, 0.05) is 32.4 Å². The lowest BCUT2D eigenvalue weighted by molar-refractivity contribution is 0.289. The molecule has 1 saturated carbocycles. The number of rotatable bonds is 6. The van der Waals surface area contributed by atoms with Crippen LogP contribution in [0.1, 0.15) is 50.4 Å². The highest BCUT2D eigenvalue weighted by atomic mass is 127. The molecular formula is C18H34IN5. The van der Waals surface area contributed by atoms with Gasteiger partial charge < -0.3 is 10.6 Å². The summed E-state index contributed by atoms with van der Waals surface area (Å²) in [7, 11) is 1.85. The maximum atomic E-state index is 4.49. The molecule has 1 aromatic rings. The van der Waals surface area contributed by atoms with E-state index in [9.17, 15) is 0 Å². The predicted molar refractivity (Wildman–Crippen MR) is 112 cm³/mol. The summed E-state index contributed by atoms with van der Waals surface area (Å²) in [5, 5.41) is 11.4. The van der Waals surface area contributed by atoms with Gasteiger partial charge in [-0.3, -0.25) is 9.67 Å². The Kier molecular flexibility index (Phi) is 9.69. The first kappa shape index (κ1) is 21.3. The van der Waals surface area contributed by atoms with Crippen molar-refractivity contribution in [3.05, 3.63) is 17.5 Å². The van der Waals surface area contributed by atoms with E-state index >= 15 is 0 Å². The van der Waals surface area contributed by atoms with E-state index in [0.717, 1.165) is 49.5 Å². The zero-order valence-electron chi connectivity index (χ0n) is 15.6. The monoisotopic (exact) mass is 447 g/mol. The summed E-state index contributed by atoms with van der Waals surface area (Å²) in [4.78, 5) is 4.33. The van der Waals surface area contributed by atoms with Gasteiger partial charge in [0.15, 0.2) is 5.96 Å². The fraction of sp³-hybridized carbons (Fsp3) is 0.778. The van der Waals surface area contributed by atoms with Crippen LogP contribution in [0.25, 0.3) is 0 Å². The minimum Gasteiger partial charge on any atom is -0.356 e. The molecule has 0 bridgehead atoms. The van der Waals surface area contributed by atoms with E-state index in [2.05, 4.69) is 45.3 Å². The summed E-state index contributed by atoms with van der Waals surface area (Å²) in [6.07, 6.45) is 6.50. The number of aryl methyl sites for hydroxylation is 3. The SMILES string of the molecule is CN=C(NCCCn1nc(C)cc1C)NCC1CCC(C)CC1.I. The molecule has 2 N–H and O–H groups in total. The van der Waals surface area contributed by atoms with Crippen molar-refractivity contribution in [1.29, 1.82) is 0 Å². The van der Waals surface area contributed by atoms with Crippen molar-refractivity contribution in [2.45, 2.75) is 59.4 Å². The minimum atomic E-state index is 0. The molecule has 0 amide bonds. The lowest BCUT2D eigenvalue weighted by atomic mass is 9.83. The Morgan fingerprint density at radius 3 is 2.54 bits per heavy atom. The molecule has 0 saturated heterocycles. The van der Waals surface area contributed by atoms with E-state index in [1.165, 1.54) is 31.4 Å². The molecule has 0 spiro atoms. The summed E-state index contributed by atoms with van der Waals surface area (Å²) in [5.74, 6) is 2.65. The molecule has 0 aromatic carbocycles. The highest BCUT2D eigenvalue weighted by molar-refractivity contribution is 14.0. The number of nitrogens with one attached hydrogen (secondary N) is 2. The molecule has 0 radical (unpaired) electrons. The number of aliphatic imine (C=N–C) groups is 1. The van der Waals surface area contributed by atoms with Crippen molar-refractivity contribution in [2.75, 3.05) is 20.1 Å². The summed E-state index contributed by atoms with van der Waals surface area (Å²) >= 11 is 0. The van der Waals surface area contributed by atoms with Gasteiger partial charge in [0.05, 0.1) is 5.69 Å². The van der Waals surface area contributed by atoms with Crippen LogP contribution in [0.2, 0.25) is 0 Å². The molecule has 0 unspecified atom stereocenters. The second-order valence-electron chi connectivity index (χ2n) is 7.01. The number of nitrogens with zero attached hydrogens (tertiary/aromatic N) is 3. The van der Waals surface area contributed by atoms with Crippen LogP contribution in [0, 0.1) is 25.7 Å². The van der Waals surface area contributed by atoms with Crippen LogP contribution >= 0.6 is 24.0 Å². The quantitative estimate of drug-likeness (QED) is 0.304. The van der Waals surface area contributed by atoms with Crippen molar-refractivity contribution in [3.8, 4) is 0 Å². The van der Waals surface area contributed by atoms with E-state index in [0.29, 0.717) is 0 Å². The third kappa shape index (κ3) is 6.99. The third-order valence-electron chi connectivity index (χ3n) is 4.86. The van der Waals surface area contributed by atoms with Crippen molar-refractivity contribution in [3.63, 3.8) is 0 Å². The molecule has 1 heterocycles. The molecular weight excluding hydrogens is 413 g/mol. The first-order valence-corrected chi connectivity index (χ1v) is 9.04. The Hall–Kier alpha value is -0.790. The molecule has 6 heteroatoms. The van der Waals surface area contributed by atoms with Gasteiger partial charge in [-0.15, -0.1) is 24.0 Å². The molecule has 0 aliphatic heterocycles. The Labute approximate surface area is 164 Å². The van der Waals surface area contributed by atoms with Gasteiger partial charge in [-0.05, 0) is 51.0 Å². The lowest BCUT2D eigenvalue weighted by Crippen LogP contribution is -2.40. The molecule has 24 heavy (non-hydrogen) atoms. The van der Waals surface area contributed by atoms with Gasteiger partial charge in [0.1, 0.15) is 0 Å². The Balaban J connectivity index is 0.00000288. The number of hydrogen-bond acceptors (Lipinski definition) is 2. The van der Waals surface area contributed by atoms with Crippen LogP contribution in [-0.2, 0) is 6.54 Å². The second kappa shape index (κ2) is 10.9. The third-order valence-corrected chi connectivity index (χ3v) is 4.86. The molecule has 1 aliphatic carbocycles. The molecule has 138 valence electrons. The number of hydrogen-bond donors (Lipinski definition) is 2. The number of halogens is 1. The van der Waals surface area contributed by atoms with Gasteiger partial charge in [-0.25, -0.2) is 0 Å². The zero-order valence-corrected chi connectivity index (χ0v) is 18.0. The van der Waals surface area contributed by atoms with Gasteiger partial charge in [0.2, 0.25) is 0 Å². The zero-order chi connectivity index (χ0) is 16.7.